The Kier molecular flexibility index (Phi) is 3.69. The van der Waals surface area contributed by atoms with Gasteiger partial charge in [-0.3, -0.25) is 9.78 Å². The van der Waals surface area contributed by atoms with Gasteiger partial charge in [-0.25, -0.2) is 0 Å². The number of rotatable bonds is 3. The molecule has 4 heterocycles. The van der Waals surface area contributed by atoms with Crippen LogP contribution in [0.1, 0.15) is 36.0 Å². The van der Waals surface area contributed by atoms with Crippen molar-refractivity contribution in [3.63, 3.8) is 0 Å². The molecule has 2 atom stereocenters. The number of benzene rings is 1. The number of amides is 1. The number of nitrogens with zero attached hydrogens (tertiary/aromatic N) is 2. The fourth-order valence-corrected chi connectivity index (χ4v) is 4.34. The third-order valence-electron chi connectivity index (χ3n) is 5.50. The smallest absolute Gasteiger partial charge is 0.254 e. The molecule has 3 aliphatic heterocycles. The molecule has 2 unspecified atom stereocenters. The monoisotopic (exact) mass is 352 g/mol. The largest absolute Gasteiger partial charge is 0.490 e. The molecule has 26 heavy (non-hydrogen) atoms. The predicted molar refractivity (Wildman–Crippen MR) is 93.4 cm³/mol. The van der Waals surface area contributed by atoms with E-state index >= 15 is 0 Å². The fraction of sp³-hybridized carbons (Fsp3) is 0.400. The van der Waals surface area contributed by atoms with Crippen LogP contribution in [-0.2, 0) is 0 Å². The van der Waals surface area contributed by atoms with Gasteiger partial charge in [0.05, 0.1) is 0 Å². The van der Waals surface area contributed by atoms with E-state index in [0.29, 0.717) is 17.1 Å². The number of pyridine rings is 1. The summed E-state index contributed by atoms with van der Waals surface area (Å²) in [5, 5.41) is 0. The van der Waals surface area contributed by atoms with Crippen LogP contribution in [0.15, 0.2) is 42.7 Å². The van der Waals surface area contributed by atoms with E-state index in [4.69, 9.17) is 14.2 Å². The molecule has 1 amide bonds. The van der Waals surface area contributed by atoms with E-state index in [9.17, 15) is 4.79 Å². The molecule has 6 nitrogen and oxygen atoms in total. The first-order chi connectivity index (χ1) is 12.8. The van der Waals surface area contributed by atoms with E-state index in [1.165, 1.54) is 0 Å². The lowest BCUT2D eigenvalue weighted by molar-refractivity contribution is 0.0358. The van der Waals surface area contributed by atoms with Gasteiger partial charge >= 0.3 is 0 Å². The van der Waals surface area contributed by atoms with Crippen molar-refractivity contribution in [3.8, 4) is 17.2 Å². The molecule has 2 saturated heterocycles. The first-order valence-corrected chi connectivity index (χ1v) is 9.07. The van der Waals surface area contributed by atoms with Gasteiger partial charge in [-0.15, -0.1) is 0 Å². The Hall–Kier alpha value is -2.76. The Morgan fingerprint density at radius 3 is 2.54 bits per heavy atom. The van der Waals surface area contributed by atoms with Gasteiger partial charge < -0.3 is 19.1 Å². The molecule has 3 aliphatic rings. The number of aromatic nitrogens is 1. The third kappa shape index (κ3) is 2.66. The summed E-state index contributed by atoms with van der Waals surface area (Å²) in [5.41, 5.74) is 0.666. The second-order valence-electron chi connectivity index (χ2n) is 7.06. The second-order valence-corrected chi connectivity index (χ2v) is 7.06. The molecule has 0 saturated carbocycles. The molecule has 2 fully saturated rings. The summed E-state index contributed by atoms with van der Waals surface area (Å²) in [6, 6.07) is 9.67. The summed E-state index contributed by atoms with van der Waals surface area (Å²) in [6.45, 7) is 0.218. The van der Waals surface area contributed by atoms with E-state index in [0.717, 1.165) is 31.4 Å². The maximum atomic E-state index is 13.1. The number of carbonyl (C=O) groups excluding carboxylic acids is 1. The third-order valence-corrected chi connectivity index (χ3v) is 5.50. The highest BCUT2D eigenvalue weighted by molar-refractivity contribution is 5.95. The summed E-state index contributed by atoms with van der Waals surface area (Å²) < 4.78 is 16.9. The highest BCUT2D eigenvalue weighted by Gasteiger charge is 2.44. The van der Waals surface area contributed by atoms with Crippen LogP contribution in [-0.4, -0.2) is 40.8 Å². The maximum absolute atomic E-state index is 13.1. The van der Waals surface area contributed by atoms with Crippen LogP contribution in [0.5, 0.6) is 17.2 Å². The van der Waals surface area contributed by atoms with Gasteiger partial charge in [0.1, 0.15) is 11.9 Å². The molecule has 2 aromatic rings. The molecule has 1 aromatic heterocycles. The minimum Gasteiger partial charge on any atom is -0.490 e. The minimum absolute atomic E-state index is 0.0816. The summed E-state index contributed by atoms with van der Waals surface area (Å²) in [5.74, 6) is 2.28. The van der Waals surface area contributed by atoms with Gasteiger partial charge in [-0.1, -0.05) is 0 Å². The Balaban J connectivity index is 1.31. The van der Waals surface area contributed by atoms with Crippen molar-refractivity contribution in [2.24, 2.45) is 0 Å². The van der Waals surface area contributed by atoms with Crippen molar-refractivity contribution < 1.29 is 19.0 Å². The normalized spacial score (nSPS) is 26.0. The summed E-state index contributed by atoms with van der Waals surface area (Å²) in [4.78, 5) is 19.2. The molecule has 0 spiro atoms. The molecular formula is C20H20N2O4. The lowest BCUT2D eigenvalue weighted by Crippen LogP contribution is -2.49. The van der Waals surface area contributed by atoms with Crippen molar-refractivity contribution >= 4 is 5.91 Å². The fourth-order valence-electron chi connectivity index (χ4n) is 4.34. The van der Waals surface area contributed by atoms with Crippen LogP contribution in [0, 0.1) is 0 Å². The van der Waals surface area contributed by atoms with Gasteiger partial charge in [0, 0.05) is 42.9 Å². The highest BCUT2D eigenvalue weighted by atomic mass is 16.7. The Morgan fingerprint density at radius 2 is 1.77 bits per heavy atom. The number of fused-ring (bicyclic) bond motifs is 3. The number of hydrogen-bond acceptors (Lipinski definition) is 5. The van der Waals surface area contributed by atoms with Gasteiger partial charge in [0.2, 0.25) is 6.79 Å². The van der Waals surface area contributed by atoms with Gasteiger partial charge in [0.15, 0.2) is 11.5 Å². The van der Waals surface area contributed by atoms with E-state index in [2.05, 4.69) is 9.88 Å². The molecule has 6 heteroatoms. The highest BCUT2D eigenvalue weighted by Crippen LogP contribution is 2.39. The van der Waals surface area contributed by atoms with Crippen molar-refractivity contribution in [3.05, 3.63) is 48.3 Å². The molecule has 134 valence electrons. The lowest BCUT2D eigenvalue weighted by atomic mass is 9.98. The predicted octanol–water partition coefficient (Wildman–Crippen LogP) is 3.02. The summed E-state index contributed by atoms with van der Waals surface area (Å²) >= 11 is 0. The van der Waals surface area contributed by atoms with Crippen LogP contribution in [0.25, 0.3) is 0 Å². The summed E-state index contributed by atoms with van der Waals surface area (Å²) in [6.07, 6.45) is 7.44. The zero-order chi connectivity index (χ0) is 17.5. The standard InChI is InChI=1S/C20H20N2O4/c23-20(13-1-4-18-19(9-13)25-12-24-18)22-14-2-3-15(22)11-17(10-14)26-16-5-7-21-8-6-16/h1,4-9,14-15,17H,2-3,10-12H2. The van der Waals surface area contributed by atoms with Crippen molar-refractivity contribution in [1.29, 1.82) is 0 Å². The van der Waals surface area contributed by atoms with Gasteiger partial charge in [0.25, 0.3) is 5.91 Å². The average Bonchev–Trinajstić information content (AvgIpc) is 3.24. The molecule has 5 rings (SSSR count). The number of carbonyl (C=O) groups is 1. The van der Waals surface area contributed by atoms with Crippen LogP contribution in [0.4, 0.5) is 0 Å². The molecule has 2 bridgehead atoms. The quantitative estimate of drug-likeness (QED) is 0.850. The van der Waals surface area contributed by atoms with Crippen molar-refractivity contribution in [2.45, 2.75) is 43.9 Å². The zero-order valence-electron chi connectivity index (χ0n) is 14.3. The maximum Gasteiger partial charge on any atom is 0.254 e. The molecular weight excluding hydrogens is 332 g/mol. The lowest BCUT2D eigenvalue weighted by Gasteiger charge is -2.39. The average molecular weight is 352 g/mol. The Bertz CT molecular complexity index is 812. The van der Waals surface area contributed by atoms with E-state index in [1.807, 2.05) is 24.3 Å². The number of hydrogen-bond donors (Lipinski definition) is 0. The molecule has 0 N–H and O–H groups in total. The summed E-state index contributed by atoms with van der Waals surface area (Å²) in [7, 11) is 0. The van der Waals surface area contributed by atoms with Gasteiger partial charge in [-0.2, -0.15) is 0 Å². The van der Waals surface area contributed by atoms with Crippen molar-refractivity contribution in [2.75, 3.05) is 6.79 Å². The first kappa shape index (κ1) is 15.5. The second kappa shape index (κ2) is 6.20. The van der Waals surface area contributed by atoms with E-state index in [-0.39, 0.29) is 30.9 Å². The van der Waals surface area contributed by atoms with Crippen LogP contribution in [0.3, 0.4) is 0 Å². The van der Waals surface area contributed by atoms with Crippen molar-refractivity contribution in [1.82, 2.24) is 9.88 Å². The van der Waals surface area contributed by atoms with Crippen LogP contribution < -0.4 is 14.2 Å². The zero-order valence-corrected chi connectivity index (χ0v) is 14.3. The Labute approximate surface area is 151 Å². The Morgan fingerprint density at radius 1 is 1.04 bits per heavy atom. The molecule has 0 aliphatic carbocycles. The van der Waals surface area contributed by atoms with E-state index < -0.39 is 0 Å². The minimum atomic E-state index is 0.0816. The van der Waals surface area contributed by atoms with Crippen LogP contribution >= 0.6 is 0 Å². The molecule has 1 aromatic carbocycles. The first-order valence-electron chi connectivity index (χ1n) is 9.07. The van der Waals surface area contributed by atoms with Crippen LogP contribution in [0.2, 0.25) is 0 Å². The molecule has 0 radical (unpaired) electrons. The topological polar surface area (TPSA) is 60.9 Å². The number of ether oxygens (including phenoxy) is 3. The number of piperidine rings is 1. The van der Waals surface area contributed by atoms with E-state index in [1.54, 1.807) is 18.5 Å². The SMILES string of the molecule is O=C(c1ccc2c(c1)OCO2)N1C2CCC1CC(Oc1ccncc1)C2. The van der Waals surface area contributed by atoms with Gasteiger partial charge in [-0.05, 0) is 43.2 Å².